The summed E-state index contributed by atoms with van der Waals surface area (Å²) in [6.07, 6.45) is 2.05. The zero-order valence-electron chi connectivity index (χ0n) is 14.6. The Kier molecular flexibility index (Phi) is 5.78. The Morgan fingerprint density at radius 3 is 2.42 bits per heavy atom. The molecule has 1 saturated heterocycles. The maximum atomic E-state index is 12.7. The van der Waals surface area contributed by atoms with Gasteiger partial charge in [-0.15, -0.1) is 0 Å². The molecule has 7 heteroatoms. The number of rotatable bonds is 5. The van der Waals surface area contributed by atoms with Gasteiger partial charge in [-0.05, 0) is 36.1 Å². The summed E-state index contributed by atoms with van der Waals surface area (Å²) >= 11 is 1.74. The van der Waals surface area contributed by atoms with E-state index in [0.29, 0.717) is 26.2 Å². The molecule has 0 saturated carbocycles. The number of thioether (sulfide) groups is 1. The van der Waals surface area contributed by atoms with Gasteiger partial charge in [-0.3, -0.25) is 14.9 Å². The number of piperazine rings is 1. The standard InChI is InChI=1S/C19H21N3O3S/c1-26-14-15-3-2-4-16(13-15)19(23)21-11-9-20(10-12-21)17-5-7-18(8-6-17)22(24)25/h2-8,13H,9-12,14H2,1H3. The predicted octanol–water partition coefficient (Wildman–Crippen LogP) is 3.42. The number of non-ortho nitro benzene ring substituents is 1. The second-order valence-electron chi connectivity index (χ2n) is 6.19. The summed E-state index contributed by atoms with van der Waals surface area (Å²) in [6, 6.07) is 14.4. The Morgan fingerprint density at radius 1 is 1.12 bits per heavy atom. The summed E-state index contributed by atoms with van der Waals surface area (Å²) in [5.74, 6) is 0.964. The number of nitro groups is 1. The summed E-state index contributed by atoms with van der Waals surface area (Å²) in [6.45, 7) is 2.72. The fraction of sp³-hybridized carbons (Fsp3) is 0.316. The van der Waals surface area contributed by atoms with Gasteiger partial charge in [0, 0.05) is 55.3 Å². The van der Waals surface area contributed by atoms with Gasteiger partial charge in [0.05, 0.1) is 4.92 Å². The van der Waals surface area contributed by atoms with Gasteiger partial charge in [0.15, 0.2) is 0 Å². The first-order valence-electron chi connectivity index (χ1n) is 8.45. The minimum atomic E-state index is -0.397. The molecule has 0 unspecified atom stereocenters. The highest BCUT2D eigenvalue weighted by Gasteiger charge is 2.22. The van der Waals surface area contributed by atoms with Gasteiger partial charge in [0.2, 0.25) is 0 Å². The van der Waals surface area contributed by atoms with E-state index in [1.165, 1.54) is 12.1 Å². The van der Waals surface area contributed by atoms with E-state index in [4.69, 9.17) is 0 Å². The first-order valence-corrected chi connectivity index (χ1v) is 9.84. The van der Waals surface area contributed by atoms with Crippen molar-refractivity contribution in [3.63, 3.8) is 0 Å². The van der Waals surface area contributed by atoms with Crippen LogP contribution in [0.1, 0.15) is 15.9 Å². The van der Waals surface area contributed by atoms with Gasteiger partial charge in [-0.25, -0.2) is 0 Å². The van der Waals surface area contributed by atoms with Crippen molar-refractivity contribution in [2.75, 3.05) is 37.3 Å². The van der Waals surface area contributed by atoms with E-state index >= 15 is 0 Å². The van der Waals surface area contributed by atoms with Crippen LogP contribution in [0.2, 0.25) is 0 Å². The zero-order chi connectivity index (χ0) is 18.5. The van der Waals surface area contributed by atoms with Gasteiger partial charge in [0.1, 0.15) is 0 Å². The lowest BCUT2D eigenvalue weighted by atomic mass is 10.1. The van der Waals surface area contributed by atoms with E-state index in [1.54, 1.807) is 23.9 Å². The summed E-state index contributed by atoms with van der Waals surface area (Å²) in [4.78, 5) is 27.1. The predicted molar refractivity (Wildman–Crippen MR) is 105 cm³/mol. The number of amides is 1. The van der Waals surface area contributed by atoms with Crippen LogP contribution in [-0.2, 0) is 5.75 Å². The Labute approximate surface area is 156 Å². The number of anilines is 1. The molecule has 26 heavy (non-hydrogen) atoms. The van der Waals surface area contributed by atoms with E-state index in [1.807, 2.05) is 35.4 Å². The van der Waals surface area contributed by atoms with E-state index in [-0.39, 0.29) is 11.6 Å². The van der Waals surface area contributed by atoms with Gasteiger partial charge < -0.3 is 9.80 Å². The molecular formula is C19H21N3O3S. The van der Waals surface area contributed by atoms with Crippen molar-refractivity contribution < 1.29 is 9.72 Å². The number of benzene rings is 2. The second-order valence-corrected chi connectivity index (χ2v) is 7.05. The van der Waals surface area contributed by atoms with Crippen LogP contribution < -0.4 is 4.90 Å². The Morgan fingerprint density at radius 2 is 1.81 bits per heavy atom. The van der Waals surface area contributed by atoms with Crippen molar-refractivity contribution in [3.8, 4) is 0 Å². The molecular weight excluding hydrogens is 350 g/mol. The van der Waals surface area contributed by atoms with Crippen LogP contribution in [0, 0.1) is 10.1 Å². The Hall–Kier alpha value is -2.54. The molecule has 2 aromatic rings. The maximum absolute atomic E-state index is 12.7. The highest BCUT2D eigenvalue weighted by Crippen LogP contribution is 2.21. The van der Waals surface area contributed by atoms with Crippen LogP contribution in [0.5, 0.6) is 0 Å². The average Bonchev–Trinajstić information content (AvgIpc) is 2.68. The van der Waals surface area contributed by atoms with Crippen LogP contribution in [0.4, 0.5) is 11.4 Å². The monoisotopic (exact) mass is 371 g/mol. The van der Waals surface area contributed by atoms with E-state index in [0.717, 1.165) is 22.6 Å². The molecule has 0 aliphatic carbocycles. The quantitative estimate of drug-likeness (QED) is 0.595. The molecule has 3 rings (SSSR count). The normalized spacial score (nSPS) is 14.3. The van der Waals surface area contributed by atoms with Gasteiger partial charge in [-0.1, -0.05) is 12.1 Å². The molecule has 0 bridgehead atoms. The first-order chi connectivity index (χ1) is 12.6. The largest absolute Gasteiger partial charge is 0.368 e. The molecule has 6 nitrogen and oxygen atoms in total. The smallest absolute Gasteiger partial charge is 0.269 e. The van der Waals surface area contributed by atoms with Crippen molar-refractivity contribution in [3.05, 3.63) is 69.8 Å². The van der Waals surface area contributed by atoms with E-state index in [2.05, 4.69) is 4.90 Å². The molecule has 1 fully saturated rings. The highest BCUT2D eigenvalue weighted by molar-refractivity contribution is 7.97. The summed E-state index contributed by atoms with van der Waals surface area (Å²) in [5.41, 5.74) is 2.94. The third-order valence-electron chi connectivity index (χ3n) is 4.48. The number of nitro benzene ring substituents is 1. The van der Waals surface area contributed by atoms with E-state index < -0.39 is 4.92 Å². The summed E-state index contributed by atoms with van der Waals surface area (Å²) in [7, 11) is 0. The van der Waals surface area contributed by atoms with Crippen LogP contribution in [0.25, 0.3) is 0 Å². The molecule has 1 heterocycles. The minimum Gasteiger partial charge on any atom is -0.368 e. The van der Waals surface area contributed by atoms with Crippen molar-refractivity contribution in [1.29, 1.82) is 0 Å². The molecule has 1 aliphatic heterocycles. The lowest BCUT2D eigenvalue weighted by Gasteiger charge is -2.36. The first kappa shape index (κ1) is 18.3. The summed E-state index contributed by atoms with van der Waals surface area (Å²) < 4.78 is 0. The number of hydrogen-bond donors (Lipinski definition) is 0. The van der Waals surface area contributed by atoms with Crippen LogP contribution in [0.3, 0.4) is 0 Å². The van der Waals surface area contributed by atoms with Gasteiger partial charge in [0.25, 0.3) is 11.6 Å². The Bertz CT molecular complexity index is 787. The fourth-order valence-electron chi connectivity index (χ4n) is 3.10. The molecule has 0 N–H and O–H groups in total. The number of hydrogen-bond acceptors (Lipinski definition) is 5. The fourth-order valence-corrected chi connectivity index (χ4v) is 3.61. The molecule has 0 spiro atoms. The van der Waals surface area contributed by atoms with Crippen molar-refractivity contribution >= 4 is 29.0 Å². The molecule has 2 aromatic carbocycles. The van der Waals surface area contributed by atoms with Crippen molar-refractivity contribution in [2.45, 2.75) is 5.75 Å². The molecule has 0 atom stereocenters. The maximum Gasteiger partial charge on any atom is 0.269 e. The third-order valence-corrected chi connectivity index (χ3v) is 5.10. The topological polar surface area (TPSA) is 66.7 Å². The molecule has 0 aromatic heterocycles. The number of nitrogens with zero attached hydrogens (tertiary/aromatic N) is 3. The minimum absolute atomic E-state index is 0.0660. The Balaban J connectivity index is 1.61. The highest BCUT2D eigenvalue weighted by atomic mass is 32.2. The summed E-state index contributed by atoms with van der Waals surface area (Å²) in [5, 5.41) is 10.8. The van der Waals surface area contributed by atoms with Crippen LogP contribution in [0.15, 0.2) is 48.5 Å². The molecule has 1 amide bonds. The van der Waals surface area contributed by atoms with Crippen molar-refractivity contribution in [2.24, 2.45) is 0 Å². The van der Waals surface area contributed by atoms with Crippen LogP contribution in [-0.4, -0.2) is 48.2 Å². The number of carbonyl (C=O) groups excluding carboxylic acids is 1. The van der Waals surface area contributed by atoms with E-state index in [9.17, 15) is 14.9 Å². The molecule has 0 radical (unpaired) electrons. The zero-order valence-corrected chi connectivity index (χ0v) is 15.4. The SMILES string of the molecule is CSCc1cccc(C(=O)N2CCN(c3ccc([N+](=O)[O-])cc3)CC2)c1. The van der Waals surface area contributed by atoms with Crippen LogP contribution >= 0.6 is 11.8 Å². The second kappa shape index (κ2) is 8.23. The van der Waals surface area contributed by atoms with Crippen molar-refractivity contribution in [1.82, 2.24) is 4.90 Å². The lowest BCUT2D eigenvalue weighted by Crippen LogP contribution is -2.48. The van der Waals surface area contributed by atoms with Gasteiger partial charge >= 0.3 is 0 Å². The number of carbonyl (C=O) groups is 1. The lowest BCUT2D eigenvalue weighted by molar-refractivity contribution is -0.384. The third kappa shape index (κ3) is 4.16. The average molecular weight is 371 g/mol. The molecule has 136 valence electrons. The van der Waals surface area contributed by atoms with Gasteiger partial charge in [-0.2, -0.15) is 11.8 Å². The molecule has 1 aliphatic rings.